The predicted molar refractivity (Wildman–Crippen MR) is 45.9 cm³/mol. The molecule has 0 amide bonds. The van der Waals surface area contributed by atoms with Gasteiger partial charge in [0, 0.05) is 5.56 Å². The number of hydrogen-bond donors (Lipinski definition) is 1. The van der Waals surface area contributed by atoms with E-state index in [1.54, 1.807) is 0 Å². The number of hydrazone groups is 1. The summed E-state index contributed by atoms with van der Waals surface area (Å²) in [6.07, 6.45) is -0.965. The number of nitrogens with zero attached hydrogens (tertiary/aromatic N) is 1. The molecule has 1 atom stereocenters. The van der Waals surface area contributed by atoms with Crippen LogP contribution in [0.25, 0.3) is 0 Å². The second kappa shape index (κ2) is 2.93. The zero-order valence-electron chi connectivity index (χ0n) is 6.50. The molecule has 1 unspecified atom stereocenters. The van der Waals surface area contributed by atoms with Crippen LogP contribution < -0.4 is 5.43 Å². The minimum absolute atomic E-state index is 0.296. The first-order valence-corrected chi connectivity index (χ1v) is 3.88. The molecule has 12 heavy (non-hydrogen) atoms. The number of halogens is 1. The monoisotopic (exact) mass is 164 g/mol. The molecule has 0 aliphatic carbocycles. The summed E-state index contributed by atoms with van der Waals surface area (Å²) in [6.45, 7) is 0.296. The first-order chi connectivity index (χ1) is 5.88. The van der Waals surface area contributed by atoms with Crippen molar-refractivity contribution in [2.24, 2.45) is 5.10 Å². The molecule has 3 heteroatoms. The highest BCUT2D eigenvalue weighted by Crippen LogP contribution is 2.10. The summed E-state index contributed by atoms with van der Waals surface area (Å²) in [5.41, 5.74) is 4.00. The number of nitrogens with one attached hydrogen (secondary N) is 1. The maximum Gasteiger partial charge on any atom is 0.163 e. The fourth-order valence-corrected chi connectivity index (χ4v) is 1.23. The van der Waals surface area contributed by atoms with E-state index in [1.165, 1.54) is 0 Å². The average molecular weight is 164 g/mol. The van der Waals surface area contributed by atoms with E-state index in [4.69, 9.17) is 0 Å². The Morgan fingerprint density at radius 2 is 2.08 bits per heavy atom. The quantitative estimate of drug-likeness (QED) is 0.665. The lowest BCUT2D eigenvalue weighted by molar-refractivity contribution is 0.429. The maximum absolute atomic E-state index is 13.1. The molecule has 2 nitrogen and oxygen atoms in total. The van der Waals surface area contributed by atoms with Crippen LogP contribution in [0.15, 0.2) is 35.4 Å². The minimum Gasteiger partial charge on any atom is -0.306 e. The van der Waals surface area contributed by atoms with Crippen LogP contribution in [0.3, 0.4) is 0 Å². The highest BCUT2D eigenvalue weighted by molar-refractivity contribution is 6.04. The second-order valence-electron chi connectivity index (χ2n) is 2.69. The van der Waals surface area contributed by atoms with Crippen LogP contribution in [0.4, 0.5) is 4.39 Å². The highest BCUT2D eigenvalue weighted by atomic mass is 19.1. The van der Waals surface area contributed by atoms with E-state index in [0.717, 1.165) is 5.56 Å². The Balaban J connectivity index is 2.31. The summed E-state index contributed by atoms with van der Waals surface area (Å²) in [6, 6.07) is 9.38. The van der Waals surface area contributed by atoms with Gasteiger partial charge in [0.15, 0.2) is 6.17 Å². The molecule has 1 heterocycles. The fraction of sp³-hybridized carbons (Fsp3) is 0.222. The van der Waals surface area contributed by atoms with Gasteiger partial charge in [-0.05, 0) is 0 Å². The van der Waals surface area contributed by atoms with Crippen LogP contribution in [0.1, 0.15) is 5.56 Å². The lowest BCUT2D eigenvalue weighted by Crippen LogP contribution is -2.16. The zero-order chi connectivity index (χ0) is 8.39. The van der Waals surface area contributed by atoms with E-state index in [2.05, 4.69) is 10.5 Å². The minimum atomic E-state index is -0.965. The average Bonchev–Trinajstić information content (AvgIpc) is 2.53. The van der Waals surface area contributed by atoms with Gasteiger partial charge < -0.3 is 5.43 Å². The molecule has 0 bridgehead atoms. The van der Waals surface area contributed by atoms with Crippen molar-refractivity contribution in [2.45, 2.75) is 6.17 Å². The normalized spacial score (nSPS) is 21.8. The van der Waals surface area contributed by atoms with Crippen molar-refractivity contribution < 1.29 is 4.39 Å². The third kappa shape index (κ3) is 1.18. The molecule has 1 aliphatic heterocycles. The van der Waals surface area contributed by atoms with Crippen molar-refractivity contribution in [3.8, 4) is 0 Å². The van der Waals surface area contributed by atoms with Crippen LogP contribution >= 0.6 is 0 Å². The van der Waals surface area contributed by atoms with Crippen LogP contribution in [0.5, 0.6) is 0 Å². The van der Waals surface area contributed by atoms with Gasteiger partial charge in [0.1, 0.15) is 5.71 Å². The largest absolute Gasteiger partial charge is 0.306 e. The topological polar surface area (TPSA) is 24.4 Å². The van der Waals surface area contributed by atoms with E-state index in [9.17, 15) is 4.39 Å². The molecule has 2 rings (SSSR count). The summed E-state index contributed by atoms with van der Waals surface area (Å²) in [4.78, 5) is 0. The zero-order valence-corrected chi connectivity index (χ0v) is 6.50. The van der Waals surface area contributed by atoms with E-state index in [0.29, 0.717) is 12.3 Å². The fourth-order valence-electron chi connectivity index (χ4n) is 1.23. The summed E-state index contributed by atoms with van der Waals surface area (Å²) < 4.78 is 13.1. The molecule has 62 valence electrons. The Hall–Kier alpha value is -1.38. The smallest absolute Gasteiger partial charge is 0.163 e. The molecule has 0 spiro atoms. The van der Waals surface area contributed by atoms with Crippen molar-refractivity contribution in [1.29, 1.82) is 0 Å². The van der Waals surface area contributed by atoms with Crippen molar-refractivity contribution in [3.05, 3.63) is 35.9 Å². The number of rotatable bonds is 1. The first-order valence-electron chi connectivity index (χ1n) is 3.88. The van der Waals surface area contributed by atoms with Gasteiger partial charge >= 0.3 is 0 Å². The summed E-state index contributed by atoms with van der Waals surface area (Å²) in [5.74, 6) is 0. The molecular formula is C9H9FN2. The molecule has 0 saturated heterocycles. The van der Waals surface area contributed by atoms with Crippen molar-refractivity contribution in [1.82, 2.24) is 5.43 Å². The molecule has 1 aromatic rings. The predicted octanol–water partition coefficient (Wildman–Crippen LogP) is 1.33. The standard InChI is InChI=1S/C9H9FN2/c10-8-6-11-12-9(8)7-4-2-1-3-5-7/h1-5,8,11H,6H2. The van der Waals surface area contributed by atoms with E-state index < -0.39 is 6.17 Å². The third-order valence-corrected chi connectivity index (χ3v) is 1.84. The lowest BCUT2D eigenvalue weighted by Gasteiger charge is -2.00. The van der Waals surface area contributed by atoms with Gasteiger partial charge in [0.25, 0.3) is 0 Å². The molecule has 1 aromatic carbocycles. The Labute approximate surface area is 70.1 Å². The van der Waals surface area contributed by atoms with Gasteiger partial charge in [0.05, 0.1) is 6.54 Å². The Morgan fingerprint density at radius 3 is 2.67 bits per heavy atom. The van der Waals surface area contributed by atoms with Gasteiger partial charge in [-0.25, -0.2) is 4.39 Å². The SMILES string of the molecule is FC1CNN=C1c1ccccc1. The molecule has 1 aliphatic rings. The van der Waals surface area contributed by atoms with Crippen molar-refractivity contribution in [3.63, 3.8) is 0 Å². The van der Waals surface area contributed by atoms with Crippen molar-refractivity contribution in [2.75, 3.05) is 6.54 Å². The van der Waals surface area contributed by atoms with E-state index in [-0.39, 0.29) is 0 Å². The second-order valence-corrected chi connectivity index (χ2v) is 2.69. The Kier molecular flexibility index (Phi) is 1.78. The number of alkyl halides is 1. The van der Waals surface area contributed by atoms with E-state index in [1.807, 2.05) is 30.3 Å². The Bertz CT molecular complexity index is 295. The van der Waals surface area contributed by atoms with Gasteiger partial charge in [-0.3, -0.25) is 0 Å². The molecular weight excluding hydrogens is 155 g/mol. The molecule has 0 saturated carbocycles. The summed E-state index contributed by atoms with van der Waals surface area (Å²) in [5, 5.41) is 3.88. The van der Waals surface area contributed by atoms with Crippen molar-refractivity contribution >= 4 is 5.71 Å². The molecule has 0 aromatic heterocycles. The van der Waals surface area contributed by atoms with Gasteiger partial charge in [-0.15, -0.1) is 0 Å². The highest BCUT2D eigenvalue weighted by Gasteiger charge is 2.21. The van der Waals surface area contributed by atoms with Crippen LogP contribution in [0.2, 0.25) is 0 Å². The van der Waals surface area contributed by atoms with Gasteiger partial charge in [-0.2, -0.15) is 5.10 Å². The van der Waals surface area contributed by atoms with Crippen LogP contribution in [-0.4, -0.2) is 18.4 Å². The van der Waals surface area contributed by atoms with Gasteiger partial charge in [0.2, 0.25) is 0 Å². The van der Waals surface area contributed by atoms with Crippen LogP contribution in [0, 0.1) is 0 Å². The summed E-state index contributed by atoms with van der Waals surface area (Å²) in [7, 11) is 0. The molecule has 0 fully saturated rings. The van der Waals surface area contributed by atoms with E-state index >= 15 is 0 Å². The van der Waals surface area contributed by atoms with Crippen LogP contribution in [-0.2, 0) is 0 Å². The summed E-state index contributed by atoms with van der Waals surface area (Å²) >= 11 is 0. The van der Waals surface area contributed by atoms with Gasteiger partial charge in [-0.1, -0.05) is 30.3 Å². The number of benzene rings is 1. The number of hydrogen-bond acceptors (Lipinski definition) is 2. The lowest BCUT2D eigenvalue weighted by atomic mass is 10.1. The molecule has 0 radical (unpaired) electrons. The first kappa shape index (κ1) is 7.28. The maximum atomic E-state index is 13.1. The third-order valence-electron chi connectivity index (χ3n) is 1.84. The Morgan fingerprint density at radius 1 is 1.33 bits per heavy atom. The molecule has 1 N–H and O–H groups in total.